The lowest BCUT2D eigenvalue weighted by molar-refractivity contribution is -0.140. The first-order valence-electron chi connectivity index (χ1n) is 6.81. The summed E-state index contributed by atoms with van der Waals surface area (Å²) in [4.78, 5) is 12.0. The van der Waals surface area contributed by atoms with Gasteiger partial charge in [-0.05, 0) is 18.9 Å². The predicted octanol–water partition coefficient (Wildman–Crippen LogP) is 3.41. The van der Waals surface area contributed by atoms with E-state index in [4.69, 9.17) is 10.3 Å². The Morgan fingerprint density at radius 2 is 1.87 bits per heavy atom. The fraction of sp³-hybridized carbons (Fsp3) is 0.429. The first-order chi connectivity index (χ1) is 10.8. The van der Waals surface area contributed by atoms with E-state index in [1.807, 2.05) is 0 Å². The van der Waals surface area contributed by atoms with Gasteiger partial charge in [0.05, 0.1) is 11.3 Å². The monoisotopic (exact) mass is 334 g/mol. The lowest BCUT2D eigenvalue weighted by Crippen LogP contribution is -2.39. The molecule has 5 nitrogen and oxygen atoms in total. The Hall–Kier alpha value is -2.32. The first-order valence-corrected chi connectivity index (χ1v) is 6.81. The van der Waals surface area contributed by atoms with Crippen LogP contribution < -0.4 is 0 Å². The maximum absolute atomic E-state index is 14.1. The van der Waals surface area contributed by atoms with Crippen LogP contribution in [0.5, 0.6) is 0 Å². The van der Waals surface area contributed by atoms with E-state index in [2.05, 4.69) is 5.16 Å². The number of hydrogen-bond acceptors (Lipinski definition) is 3. The number of halogens is 4. The van der Waals surface area contributed by atoms with Gasteiger partial charge in [0.2, 0.25) is 0 Å². The number of nitrogens with zero attached hydrogens (tertiary/aromatic N) is 2. The number of carbonyl (C=O) groups is 1. The number of hydrogen-bond donors (Lipinski definition) is 2. The minimum absolute atomic E-state index is 0.138. The van der Waals surface area contributed by atoms with Gasteiger partial charge < -0.3 is 15.2 Å². The van der Waals surface area contributed by atoms with E-state index in [0.717, 1.165) is 17.0 Å². The van der Waals surface area contributed by atoms with Crippen molar-refractivity contribution in [1.82, 2.24) is 4.90 Å². The fourth-order valence-corrected chi connectivity index (χ4v) is 2.65. The van der Waals surface area contributed by atoms with Crippen LogP contribution in [-0.4, -0.2) is 40.1 Å². The molecular weight excluding hydrogens is 320 g/mol. The molecular formula is C14H14F4N2O3. The van der Waals surface area contributed by atoms with E-state index < -0.39 is 35.1 Å². The third kappa shape index (κ3) is 3.54. The van der Waals surface area contributed by atoms with E-state index in [1.54, 1.807) is 0 Å². The van der Waals surface area contributed by atoms with Gasteiger partial charge in [-0.15, -0.1) is 0 Å². The molecule has 1 aromatic rings. The number of amides is 1. The topological polar surface area (TPSA) is 73.1 Å². The zero-order valence-electron chi connectivity index (χ0n) is 11.8. The molecule has 0 unspecified atom stereocenters. The Morgan fingerprint density at radius 1 is 1.26 bits per heavy atom. The van der Waals surface area contributed by atoms with Gasteiger partial charge in [-0.25, -0.2) is 9.18 Å². The molecule has 1 aliphatic heterocycles. The quantitative estimate of drug-likeness (QED) is 0.377. The molecule has 1 aliphatic rings. The number of likely N-dealkylation sites (tertiary alicyclic amines) is 1. The summed E-state index contributed by atoms with van der Waals surface area (Å²) in [5.74, 6) is -2.01. The van der Waals surface area contributed by atoms with Crippen LogP contribution in [0.1, 0.15) is 24.0 Å². The largest absolute Gasteiger partial charge is 0.465 e. The van der Waals surface area contributed by atoms with Crippen molar-refractivity contribution in [1.29, 1.82) is 0 Å². The molecule has 0 atom stereocenters. The molecule has 0 bridgehead atoms. The molecule has 126 valence electrons. The minimum atomic E-state index is -4.85. The standard InChI is InChI=1S/C14H14F4N2O3/c15-11-9(2-1-3-10(11)14(16,17)18)12(19-23)8-4-6-20(7-5-8)13(21)22/h1-3,8,23H,4-7H2,(H,21,22). The lowest BCUT2D eigenvalue weighted by atomic mass is 9.87. The second-order valence-corrected chi connectivity index (χ2v) is 5.19. The average molecular weight is 334 g/mol. The maximum atomic E-state index is 14.1. The number of carboxylic acid groups (broad SMARTS) is 1. The SMILES string of the molecule is O=C(O)N1CCC(C(=NO)c2cccc(C(F)(F)F)c2F)CC1. The van der Waals surface area contributed by atoms with Gasteiger partial charge >= 0.3 is 12.3 Å². The zero-order chi connectivity index (χ0) is 17.2. The average Bonchev–Trinajstić information content (AvgIpc) is 2.49. The zero-order valence-corrected chi connectivity index (χ0v) is 11.8. The van der Waals surface area contributed by atoms with Gasteiger partial charge in [-0.3, -0.25) is 0 Å². The Morgan fingerprint density at radius 3 is 2.35 bits per heavy atom. The van der Waals surface area contributed by atoms with E-state index in [0.29, 0.717) is 6.07 Å². The van der Waals surface area contributed by atoms with Crippen molar-refractivity contribution in [2.24, 2.45) is 11.1 Å². The van der Waals surface area contributed by atoms with Gasteiger partial charge in [0.1, 0.15) is 5.82 Å². The summed E-state index contributed by atoms with van der Waals surface area (Å²) in [5.41, 5.74) is -2.05. The smallest absolute Gasteiger partial charge is 0.419 e. The molecule has 9 heteroatoms. The fourth-order valence-electron chi connectivity index (χ4n) is 2.65. The third-order valence-electron chi connectivity index (χ3n) is 3.84. The van der Waals surface area contributed by atoms with Crippen molar-refractivity contribution in [2.75, 3.05) is 13.1 Å². The highest BCUT2D eigenvalue weighted by Crippen LogP contribution is 2.34. The van der Waals surface area contributed by atoms with Crippen LogP contribution in [-0.2, 0) is 6.18 Å². The number of alkyl halides is 3. The van der Waals surface area contributed by atoms with Gasteiger partial charge in [0.25, 0.3) is 0 Å². The van der Waals surface area contributed by atoms with Gasteiger partial charge in [0.15, 0.2) is 0 Å². The predicted molar refractivity (Wildman–Crippen MR) is 72.0 cm³/mol. The second kappa shape index (κ2) is 6.43. The summed E-state index contributed by atoms with van der Waals surface area (Å²) in [7, 11) is 0. The summed E-state index contributed by atoms with van der Waals surface area (Å²) in [6, 6.07) is 2.77. The van der Waals surface area contributed by atoms with Crippen LogP contribution >= 0.6 is 0 Å². The molecule has 0 spiro atoms. The van der Waals surface area contributed by atoms with E-state index in [9.17, 15) is 22.4 Å². The van der Waals surface area contributed by atoms with E-state index >= 15 is 0 Å². The molecule has 1 saturated heterocycles. The molecule has 0 radical (unpaired) electrons. The molecule has 1 amide bonds. The molecule has 2 rings (SSSR count). The Labute approximate surface area is 128 Å². The molecule has 2 N–H and O–H groups in total. The van der Waals surface area contributed by atoms with Crippen molar-refractivity contribution in [3.05, 3.63) is 35.1 Å². The summed E-state index contributed by atoms with van der Waals surface area (Å²) in [6.45, 7) is 0.277. The van der Waals surface area contributed by atoms with Crippen molar-refractivity contribution in [2.45, 2.75) is 19.0 Å². The second-order valence-electron chi connectivity index (χ2n) is 5.19. The molecule has 0 aliphatic carbocycles. The maximum Gasteiger partial charge on any atom is 0.419 e. The van der Waals surface area contributed by atoms with Crippen molar-refractivity contribution < 1.29 is 32.7 Å². The van der Waals surface area contributed by atoms with E-state index in [-0.39, 0.29) is 31.6 Å². The van der Waals surface area contributed by atoms with Crippen molar-refractivity contribution in [3.63, 3.8) is 0 Å². The normalized spacial score (nSPS) is 17.4. The molecule has 1 fully saturated rings. The third-order valence-corrected chi connectivity index (χ3v) is 3.84. The van der Waals surface area contributed by atoms with Crippen LogP contribution in [0.15, 0.2) is 23.4 Å². The number of piperidine rings is 1. The highest BCUT2D eigenvalue weighted by molar-refractivity contribution is 6.02. The van der Waals surface area contributed by atoms with Crippen LogP contribution in [0, 0.1) is 11.7 Å². The minimum Gasteiger partial charge on any atom is -0.465 e. The van der Waals surface area contributed by atoms with Gasteiger partial charge in [-0.2, -0.15) is 13.2 Å². The molecule has 1 heterocycles. The van der Waals surface area contributed by atoms with Gasteiger partial charge in [0, 0.05) is 24.6 Å². The summed E-state index contributed by atoms with van der Waals surface area (Å²) >= 11 is 0. The van der Waals surface area contributed by atoms with Crippen LogP contribution in [0.4, 0.5) is 22.4 Å². The van der Waals surface area contributed by atoms with Crippen molar-refractivity contribution in [3.8, 4) is 0 Å². The van der Waals surface area contributed by atoms with Gasteiger partial charge in [-0.1, -0.05) is 17.3 Å². The lowest BCUT2D eigenvalue weighted by Gasteiger charge is -2.30. The van der Waals surface area contributed by atoms with Crippen LogP contribution in [0.2, 0.25) is 0 Å². The highest BCUT2D eigenvalue weighted by Gasteiger charge is 2.36. The van der Waals surface area contributed by atoms with E-state index in [1.165, 1.54) is 0 Å². The number of benzene rings is 1. The molecule has 0 saturated carbocycles. The Kier molecular flexibility index (Phi) is 4.76. The number of oxime groups is 1. The first kappa shape index (κ1) is 17.0. The summed E-state index contributed by atoms with van der Waals surface area (Å²) in [6.07, 6.45) is -5.48. The van der Waals surface area contributed by atoms with Crippen LogP contribution in [0.25, 0.3) is 0 Å². The Balaban J connectivity index is 2.28. The van der Waals surface area contributed by atoms with Crippen LogP contribution in [0.3, 0.4) is 0 Å². The summed E-state index contributed by atoms with van der Waals surface area (Å²) in [5, 5.41) is 21.0. The van der Waals surface area contributed by atoms with Crippen molar-refractivity contribution >= 4 is 11.8 Å². The highest BCUT2D eigenvalue weighted by atomic mass is 19.4. The molecule has 1 aromatic carbocycles. The Bertz CT molecular complexity index is 623. The number of rotatable bonds is 2. The summed E-state index contributed by atoms with van der Waals surface area (Å²) < 4.78 is 52.4. The molecule has 0 aromatic heterocycles. The molecule has 23 heavy (non-hydrogen) atoms.